The number of hydrogen-bond donors (Lipinski definition) is 2. The minimum absolute atomic E-state index is 0.105. The molecule has 2 aromatic carbocycles. The van der Waals surface area contributed by atoms with Gasteiger partial charge in [0.05, 0.1) is 12.6 Å². The van der Waals surface area contributed by atoms with Crippen LogP contribution in [0.2, 0.25) is 0 Å². The van der Waals surface area contributed by atoms with Gasteiger partial charge in [-0.3, -0.25) is 0 Å². The van der Waals surface area contributed by atoms with Gasteiger partial charge in [-0.25, -0.2) is 23.3 Å². The van der Waals surface area contributed by atoms with Gasteiger partial charge in [-0.15, -0.1) is 0 Å². The summed E-state index contributed by atoms with van der Waals surface area (Å²) < 4.78 is 38.0. The van der Waals surface area contributed by atoms with Crippen molar-refractivity contribution in [1.29, 1.82) is 0 Å². The number of amides is 3. The summed E-state index contributed by atoms with van der Waals surface area (Å²) in [7, 11) is 1.69. The van der Waals surface area contributed by atoms with Gasteiger partial charge in [0.25, 0.3) is 0 Å². The maximum atomic E-state index is 13.9. The first kappa shape index (κ1) is 24.5. The van der Waals surface area contributed by atoms with Crippen LogP contribution in [-0.4, -0.2) is 49.4 Å². The topological polar surface area (TPSA) is 79.9 Å². The van der Waals surface area contributed by atoms with Crippen LogP contribution in [0.1, 0.15) is 55.2 Å². The number of methoxy groups -OCH3 is 1. The lowest BCUT2D eigenvalue weighted by atomic mass is 9.69. The third kappa shape index (κ3) is 4.52. The fourth-order valence-electron chi connectivity index (χ4n) is 6.11. The van der Waals surface area contributed by atoms with E-state index in [9.17, 15) is 18.4 Å². The van der Waals surface area contributed by atoms with Crippen molar-refractivity contribution in [2.24, 2.45) is 5.92 Å². The summed E-state index contributed by atoms with van der Waals surface area (Å²) in [5.74, 6) is -0.480. The average Bonchev–Trinajstić information content (AvgIpc) is 3.53. The van der Waals surface area contributed by atoms with E-state index in [1.54, 1.807) is 7.11 Å². The van der Waals surface area contributed by atoms with Gasteiger partial charge in [0.15, 0.2) is 11.6 Å². The molecule has 2 aliphatic heterocycles. The number of hydrogen-bond acceptors (Lipinski definition) is 5. The van der Waals surface area contributed by atoms with E-state index in [1.165, 1.54) is 11.6 Å². The minimum Gasteiger partial charge on any atom is -0.496 e. The van der Waals surface area contributed by atoms with E-state index >= 15 is 0 Å². The Morgan fingerprint density at radius 3 is 2.61 bits per heavy atom. The van der Waals surface area contributed by atoms with Crippen LogP contribution in [0.5, 0.6) is 5.75 Å². The second kappa shape index (κ2) is 10.0. The molecule has 0 unspecified atom stereocenters. The van der Waals surface area contributed by atoms with Crippen molar-refractivity contribution in [2.45, 2.75) is 49.6 Å². The molecular formula is C27H31F2N3O4. The van der Waals surface area contributed by atoms with Gasteiger partial charge in [0.1, 0.15) is 18.4 Å². The average molecular weight is 500 g/mol. The number of rotatable bonds is 5. The van der Waals surface area contributed by atoms with Crippen molar-refractivity contribution >= 4 is 12.1 Å². The van der Waals surface area contributed by atoms with E-state index < -0.39 is 35.3 Å². The number of imide groups is 1. The Labute approximate surface area is 209 Å². The lowest BCUT2D eigenvalue weighted by Crippen LogP contribution is -2.59. The number of para-hydroxylation sites is 1. The van der Waals surface area contributed by atoms with Crippen LogP contribution in [0.25, 0.3) is 0 Å². The number of nitrogens with one attached hydrogen (secondary N) is 2. The Hall–Kier alpha value is -3.20. The maximum absolute atomic E-state index is 13.9. The summed E-state index contributed by atoms with van der Waals surface area (Å²) in [6.07, 6.45) is 3.78. The van der Waals surface area contributed by atoms with Gasteiger partial charge in [0.2, 0.25) is 0 Å². The number of benzene rings is 2. The second-order valence-corrected chi connectivity index (χ2v) is 9.94. The summed E-state index contributed by atoms with van der Waals surface area (Å²) in [6.45, 7) is 1.28. The molecule has 0 aromatic heterocycles. The van der Waals surface area contributed by atoms with Crippen molar-refractivity contribution in [3.8, 4) is 5.75 Å². The molecule has 192 valence electrons. The van der Waals surface area contributed by atoms with E-state index in [0.717, 1.165) is 61.4 Å². The summed E-state index contributed by atoms with van der Waals surface area (Å²) in [4.78, 5) is 27.0. The highest BCUT2D eigenvalue weighted by Crippen LogP contribution is 2.44. The number of halogens is 2. The van der Waals surface area contributed by atoms with Gasteiger partial charge in [-0.05, 0) is 79.8 Å². The zero-order valence-electron chi connectivity index (χ0n) is 20.3. The quantitative estimate of drug-likeness (QED) is 0.613. The summed E-state index contributed by atoms with van der Waals surface area (Å²) >= 11 is 0. The zero-order chi connectivity index (χ0) is 25.3. The molecule has 3 fully saturated rings. The van der Waals surface area contributed by atoms with Gasteiger partial charge in [0, 0.05) is 6.54 Å². The molecule has 3 amide bonds. The van der Waals surface area contributed by atoms with Crippen molar-refractivity contribution < 1.29 is 27.8 Å². The fourth-order valence-corrected chi connectivity index (χ4v) is 6.11. The summed E-state index contributed by atoms with van der Waals surface area (Å²) in [5.41, 5.74) is 1.03. The predicted molar refractivity (Wildman–Crippen MR) is 129 cm³/mol. The first-order valence-corrected chi connectivity index (χ1v) is 12.5. The van der Waals surface area contributed by atoms with Crippen LogP contribution in [0.3, 0.4) is 0 Å². The lowest BCUT2D eigenvalue weighted by molar-refractivity contribution is 0.138. The molecule has 0 bridgehead atoms. The van der Waals surface area contributed by atoms with Crippen LogP contribution in [0, 0.1) is 17.6 Å². The van der Waals surface area contributed by atoms with Gasteiger partial charge < -0.3 is 20.1 Å². The van der Waals surface area contributed by atoms with Gasteiger partial charge >= 0.3 is 12.1 Å². The minimum atomic E-state index is -1.03. The second-order valence-electron chi connectivity index (χ2n) is 9.94. The maximum Gasteiger partial charge on any atom is 0.418 e. The first-order valence-electron chi connectivity index (χ1n) is 12.5. The number of ether oxygens (including phenoxy) is 2. The molecule has 2 atom stereocenters. The van der Waals surface area contributed by atoms with E-state index in [0.29, 0.717) is 18.0 Å². The molecular weight excluding hydrogens is 468 g/mol. The highest BCUT2D eigenvalue weighted by atomic mass is 19.2. The third-order valence-corrected chi connectivity index (χ3v) is 8.05. The summed E-state index contributed by atoms with van der Waals surface area (Å²) in [5, 5.41) is 6.54. The smallest absolute Gasteiger partial charge is 0.418 e. The highest BCUT2D eigenvalue weighted by molar-refractivity contribution is 5.93. The Balaban J connectivity index is 1.31. The van der Waals surface area contributed by atoms with Crippen molar-refractivity contribution in [2.75, 3.05) is 26.8 Å². The molecule has 3 aliphatic rings. The largest absolute Gasteiger partial charge is 0.496 e. The van der Waals surface area contributed by atoms with Crippen molar-refractivity contribution in [1.82, 2.24) is 15.5 Å². The number of carbonyl (C=O) groups excluding carboxylic acids is 2. The molecule has 1 aliphatic carbocycles. The Kier molecular flexibility index (Phi) is 6.83. The number of cyclic esters (lactones) is 1. The van der Waals surface area contributed by atoms with Crippen LogP contribution in [0.15, 0.2) is 42.5 Å². The van der Waals surface area contributed by atoms with Crippen LogP contribution in [0.4, 0.5) is 18.4 Å². The van der Waals surface area contributed by atoms with E-state index in [-0.39, 0.29) is 12.5 Å². The molecule has 9 heteroatoms. The van der Waals surface area contributed by atoms with E-state index in [2.05, 4.69) is 16.7 Å². The highest BCUT2D eigenvalue weighted by Gasteiger charge is 2.47. The lowest BCUT2D eigenvalue weighted by Gasteiger charge is -2.42. The summed E-state index contributed by atoms with van der Waals surface area (Å²) in [6, 6.07) is 10.1. The molecule has 2 heterocycles. The molecule has 0 radical (unpaired) electrons. The van der Waals surface area contributed by atoms with Crippen molar-refractivity contribution in [3.63, 3.8) is 0 Å². The Bertz CT molecular complexity index is 1130. The van der Waals surface area contributed by atoms with Crippen LogP contribution < -0.4 is 15.4 Å². The zero-order valence-corrected chi connectivity index (χ0v) is 20.3. The molecule has 7 nitrogen and oxygen atoms in total. The molecule has 2 N–H and O–H groups in total. The first-order chi connectivity index (χ1) is 17.4. The number of nitrogens with zero attached hydrogens (tertiary/aromatic N) is 1. The Morgan fingerprint density at radius 2 is 1.92 bits per heavy atom. The molecule has 2 aromatic rings. The van der Waals surface area contributed by atoms with Crippen LogP contribution in [-0.2, 0) is 4.74 Å². The molecule has 1 saturated carbocycles. The number of carbonyl (C=O) groups is 2. The number of urea groups is 1. The van der Waals surface area contributed by atoms with E-state index in [1.807, 2.05) is 18.2 Å². The monoisotopic (exact) mass is 499 g/mol. The third-order valence-electron chi connectivity index (χ3n) is 8.05. The fraction of sp³-hybridized carbons (Fsp3) is 0.481. The standard InChI is InChI=1S/C27H31F2N3O4/c1-35-24-5-3-2-4-20(24)17-6-9-19(10-7-17)27(12-13-30-16-27)31-25(33)32-23(15-36-26(32)34)18-8-11-21(28)22(29)14-18/h2-5,8,11,14,17,19,23,30H,6-7,9-10,12-13,15-16H2,1H3,(H,31,33)/t17-,19+,23-,27+/m1/s1. The normalized spacial score (nSPS) is 28.1. The predicted octanol–water partition coefficient (Wildman–Crippen LogP) is 4.88. The van der Waals surface area contributed by atoms with Crippen molar-refractivity contribution in [3.05, 3.63) is 65.2 Å². The molecule has 36 heavy (non-hydrogen) atoms. The Morgan fingerprint density at radius 1 is 1.14 bits per heavy atom. The molecule has 2 saturated heterocycles. The van der Waals surface area contributed by atoms with Crippen LogP contribution >= 0.6 is 0 Å². The SMILES string of the molecule is COc1ccccc1[C@H]1CC[C@@H]([C@]2(NC(=O)N3C(=O)OC[C@@H]3c3ccc(F)c(F)c3)CCNC2)CC1. The molecule has 5 rings (SSSR count). The molecule has 0 spiro atoms. The van der Waals surface area contributed by atoms with Gasteiger partial charge in [-0.2, -0.15) is 0 Å². The van der Waals surface area contributed by atoms with E-state index in [4.69, 9.17) is 9.47 Å². The van der Waals surface area contributed by atoms with Gasteiger partial charge in [-0.1, -0.05) is 24.3 Å².